The van der Waals surface area contributed by atoms with Crippen molar-refractivity contribution < 1.29 is 14.2 Å². The fourth-order valence-corrected chi connectivity index (χ4v) is 1.70. The van der Waals surface area contributed by atoms with Crippen molar-refractivity contribution in [2.45, 2.75) is 12.5 Å². The summed E-state index contributed by atoms with van der Waals surface area (Å²) in [5.74, 6) is -0.310. The monoisotopic (exact) mass is 291 g/mol. The minimum Gasteiger partial charge on any atom is -0.396 e. The van der Waals surface area contributed by atoms with E-state index in [2.05, 4.69) is 15.9 Å². The molecule has 3 N–H and O–H groups in total. The highest BCUT2D eigenvalue weighted by atomic mass is 79.9. The molecule has 0 aliphatic rings. The van der Waals surface area contributed by atoms with Crippen LogP contribution in [0.1, 0.15) is 18.1 Å². The summed E-state index contributed by atoms with van der Waals surface area (Å²) in [6, 6.07) is 4.68. The first kappa shape index (κ1) is 13.6. The third-order valence-corrected chi connectivity index (χ3v) is 2.76. The standard InChI is InChI=1S/C11H15BrFNO2/c12-9-6-8(2-3-10(9)13)11(7-14)16-5-1-4-15/h2-3,6,11,15H,1,4-5,7,14H2. The number of halogens is 2. The van der Waals surface area contributed by atoms with Gasteiger partial charge in [0.15, 0.2) is 0 Å². The van der Waals surface area contributed by atoms with E-state index >= 15 is 0 Å². The number of nitrogens with two attached hydrogens (primary N) is 1. The van der Waals surface area contributed by atoms with Crippen molar-refractivity contribution in [1.82, 2.24) is 0 Å². The van der Waals surface area contributed by atoms with Gasteiger partial charge in [-0.1, -0.05) is 6.07 Å². The maximum absolute atomic E-state index is 13.0. The Kier molecular flexibility index (Phi) is 5.90. The summed E-state index contributed by atoms with van der Waals surface area (Å²) in [4.78, 5) is 0. The van der Waals surface area contributed by atoms with Crippen molar-refractivity contribution in [2.75, 3.05) is 19.8 Å². The number of aliphatic hydroxyl groups excluding tert-OH is 1. The average Bonchev–Trinajstić information content (AvgIpc) is 2.29. The molecule has 3 nitrogen and oxygen atoms in total. The predicted molar refractivity (Wildman–Crippen MR) is 63.6 cm³/mol. The molecule has 1 unspecified atom stereocenters. The molecule has 0 spiro atoms. The molecular weight excluding hydrogens is 277 g/mol. The minimum atomic E-state index is -0.310. The summed E-state index contributed by atoms with van der Waals surface area (Å²) in [5.41, 5.74) is 6.41. The molecule has 5 heteroatoms. The zero-order valence-electron chi connectivity index (χ0n) is 8.83. The van der Waals surface area contributed by atoms with Gasteiger partial charge in [-0.2, -0.15) is 0 Å². The highest BCUT2D eigenvalue weighted by molar-refractivity contribution is 9.10. The summed E-state index contributed by atoms with van der Waals surface area (Å²) in [7, 11) is 0. The highest BCUT2D eigenvalue weighted by Crippen LogP contribution is 2.23. The number of hydrogen-bond acceptors (Lipinski definition) is 3. The fourth-order valence-electron chi connectivity index (χ4n) is 1.30. The van der Waals surface area contributed by atoms with Crippen LogP contribution in [-0.4, -0.2) is 24.9 Å². The Hall–Kier alpha value is -0.490. The van der Waals surface area contributed by atoms with Crippen molar-refractivity contribution in [2.24, 2.45) is 5.73 Å². The van der Waals surface area contributed by atoms with Gasteiger partial charge >= 0.3 is 0 Å². The molecule has 1 aromatic carbocycles. The van der Waals surface area contributed by atoms with Gasteiger partial charge in [0.2, 0.25) is 0 Å². The number of rotatable bonds is 6. The van der Waals surface area contributed by atoms with Crippen LogP contribution in [0, 0.1) is 5.82 Å². The molecule has 0 bridgehead atoms. The summed E-state index contributed by atoms with van der Waals surface area (Å²) in [6.07, 6.45) is 0.308. The normalized spacial score (nSPS) is 12.8. The quantitative estimate of drug-likeness (QED) is 0.788. The zero-order chi connectivity index (χ0) is 12.0. The van der Waals surface area contributed by atoms with Gasteiger partial charge in [0.25, 0.3) is 0 Å². The Bertz CT molecular complexity index is 336. The first-order chi connectivity index (χ1) is 7.69. The van der Waals surface area contributed by atoms with Crippen LogP contribution in [0.2, 0.25) is 0 Å². The molecule has 16 heavy (non-hydrogen) atoms. The summed E-state index contributed by atoms with van der Waals surface area (Å²) >= 11 is 3.11. The highest BCUT2D eigenvalue weighted by Gasteiger charge is 2.11. The largest absolute Gasteiger partial charge is 0.396 e. The average molecular weight is 292 g/mol. The van der Waals surface area contributed by atoms with Gasteiger partial charge in [-0.15, -0.1) is 0 Å². The van der Waals surface area contributed by atoms with E-state index < -0.39 is 0 Å². The Balaban J connectivity index is 2.67. The van der Waals surface area contributed by atoms with E-state index in [0.29, 0.717) is 24.0 Å². The topological polar surface area (TPSA) is 55.5 Å². The summed E-state index contributed by atoms with van der Waals surface area (Å²) in [6.45, 7) is 0.848. The zero-order valence-corrected chi connectivity index (χ0v) is 10.4. The molecule has 90 valence electrons. The second-order valence-electron chi connectivity index (χ2n) is 3.35. The molecule has 1 rings (SSSR count). The fraction of sp³-hybridized carbons (Fsp3) is 0.455. The molecule has 1 aromatic rings. The van der Waals surface area contributed by atoms with Crippen LogP contribution in [0.3, 0.4) is 0 Å². The molecule has 0 saturated carbocycles. The minimum absolute atomic E-state index is 0.0877. The first-order valence-electron chi connectivity index (χ1n) is 5.06. The van der Waals surface area contributed by atoms with Crippen LogP contribution in [0.5, 0.6) is 0 Å². The second kappa shape index (κ2) is 6.96. The SMILES string of the molecule is NCC(OCCCO)c1ccc(F)c(Br)c1. The number of aliphatic hydroxyl groups is 1. The van der Waals surface area contributed by atoms with Crippen molar-refractivity contribution in [1.29, 1.82) is 0 Å². The molecule has 0 amide bonds. The lowest BCUT2D eigenvalue weighted by atomic mass is 10.1. The number of benzene rings is 1. The third-order valence-electron chi connectivity index (χ3n) is 2.15. The lowest BCUT2D eigenvalue weighted by Gasteiger charge is -2.16. The molecule has 0 aliphatic carbocycles. The van der Waals surface area contributed by atoms with E-state index in [9.17, 15) is 4.39 Å². The number of hydrogen-bond donors (Lipinski definition) is 2. The summed E-state index contributed by atoms with van der Waals surface area (Å²) in [5, 5.41) is 8.63. The van der Waals surface area contributed by atoms with Crippen LogP contribution in [0.25, 0.3) is 0 Å². The van der Waals surface area contributed by atoms with Crippen LogP contribution < -0.4 is 5.73 Å². The Labute approximate surface area is 103 Å². The number of ether oxygens (including phenoxy) is 1. The van der Waals surface area contributed by atoms with Crippen LogP contribution in [-0.2, 0) is 4.74 Å². The van der Waals surface area contributed by atoms with Crippen LogP contribution in [0.4, 0.5) is 4.39 Å². The Morgan fingerprint density at radius 3 is 2.81 bits per heavy atom. The van der Waals surface area contributed by atoms with Gasteiger partial charge in [0.05, 0.1) is 10.6 Å². The van der Waals surface area contributed by atoms with E-state index in [1.807, 2.05) is 0 Å². The molecule has 0 fully saturated rings. The van der Waals surface area contributed by atoms with E-state index in [0.717, 1.165) is 5.56 Å². The van der Waals surface area contributed by atoms with Gasteiger partial charge in [-0.05, 0) is 40.0 Å². The van der Waals surface area contributed by atoms with E-state index in [4.69, 9.17) is 15.6 Å². The van der Waals surface area contributed by atoms with Crippen molar-refractivity contribution in [3.8, 4) is 0 Å². The first-order valence-corrected chi connectivity index (χ1v) is 5.85. The Morgan fingerprint density at radius 1 is 1.50 bits per heavy atom. The predicted octanol–water partition coefficient (Wildman–Crippen LogP) is 1.99. The van der Waals surface area contributed by atoms with Crippen LogP contribution >= 0.6 is 15.9 Å². The molecular formula is C11H15BrFNO2. The molecule has 0 aliphatic heterocycles. The van der Waals surface area contributed by atoms with Crippen LogP contribution in [0.15, 0.2) is 22.7 Å². The van der Waals surface area contributed by atoms with E-state index in [1.54, 1.807) is 12.1 Å². The molecule has 0 radical (unpaired) electrons. The van der Waals surface area contributed by atoms with Gasteiger partial charge in [0.1, 0.15) is 5.82 Å². The van der Waals surface area contributed by atoms with Gasteiger partial charge in [0, 0.05) is 19.8 Å². The van der Waals surface area contributed by atoms with Gasteiger partial charge < -0.3 is 15.6 Å². The maximum atomic E-state index is 13.0. The van der Waals surface area contributed by atoms with E-state index in [-0.39, 0.29) is 18.5 Å². The van der Waals surface area contributed by atoms with Gasteiger partial charge in [-0.3, -0.25) is 0 Å². The smallest absolute Gasteiger partial charge is 0.137 e. The molecule has 1 atom stereocenters. The maximum Gasteiger partial charge on any atom is 0.137 e. The van der Waals surface area contributed by atoms with Crippen molar-refractivity contribution in [3.05, 3.63) is 34.1 Å². The Morgan fingerprint density at radius 2 is 2.25 bits per heavy atom. The molecule has 0 saturated heterocycles. The van der Waals surface area contributed by atoms with Crippen molar-refractivity contribution >= 4 is 15.9 Å². The van der Waals surface area contributed by atoms with Gasteiger partial charge in [-0.25, -0.2) is 4.39 Å². The van der Waals surface area contributed by atoms with E-state index in [1.165, 1.54) is 6.07 Å². The lowest BCUT2D eigenvalue weighted by Crippen LogP contribution is -2.17. The second-order valence-corrected chi connectivity index (χ2v) is 4.20. The lowest BCUT2D eigenvalue weighted by molar-refractivity contribution is 0.0488. The summed E-state index contributed by atoms with van der Waals surface area (Å²) < 4.78 is 18.9. The van der Waals surface area contributed by atoms with Crippen molar-refractivity contribution in [3.63, 3.8) is 0 Å². The molecule has 0 aromatic heterocycles. The third kappa shape index (κ3) is 3.83. The molecule has 0 heterocycles.